The lowest BCUT2D eigenvalue weighted by Crippen LogP contribution is -2.33. The van der Waals surface area contributed by atoms with Gasteiger partial charge in [0.25, 0.3) is 0 Å². The van der Waals surface area contributed by atoms with Gasteiger partial charge in [0, 0.05) is 5.02 Å². The molecule has 0 fully saturated rings. The molecule has 0 aromatic heterocycles. The molecule has 0 bridgehead atoms. The maximum Gasteiger partial charge on any atom is 0.314 e. The van der Waals surface area contributed by atoms with E-state index >= 15 is 0 Å². The van der Waals surface area contributed by atoms with Crippen LogP contribution < -0.4 is 0 Å². The minimum Gasteiger partial charge on any atom is -0.465 e. The molecule has 0 spiro atoms. The Morgan fingerprint density at radius 3 is 2.41 bits per heavy atom. The number of carbonyl (C=O) groups excluding carboxylic acids is 1. The smallest absolute Gasteiger partial charge is 0.314 e. The van der Waals surface area contributed by atoms with Crippen LogP contribution in [0.15, 0.2) is 24.3 Å². The number of hydrogen-bond donors (Lipinski definition) is 1. The van der Waals surface area contributed by atoms with Crippen LogP contribution in [-0.4, -0.2) is 17.7 Å². The zero-order chi connectivity index (χ0) is 13.1. The molecular formula is C13H17ClO3. The van der Waals surface area contributed by atoms with E-state index in [2.05, 4.69) is 0 Å². The average Bonchev–Trinajstić information content (AvgIpc) is 2.29. The third-order valence-corrected chi connectivity index (χ3v) is 2.92. The van der Waals surface area contributed by atoms with Gasteiger partial charge in [-0.2, -0.15) is 0 Å². The molecule has 0 aliphatic heterocycles. The van der Waals surface area contributed by atoms with Crippen LogP contribution in [0.1, 0.15) is 32.4 Å². The molecule has 3 nitrogen and oxygen atoms in total. The Bertz CT molecular complexity index is 384. The van der Waals surface area contributed by atoms with Gasteiger partial charge in [0.05, 0.1) is 18.1 Å². The van der Waals surface area contributed by atoms with Crippen molar-refractivity contribution < 1.29 is 14.6 Å². The maximum atomic E-state index is 11.7. The highest BCUT2D eigenvalue weighted by atomic mass is 35.5. The number of halogens is 1. The van der Waals surface area contributed by atoms with Crippen LogP contribution in [0.4, 0.5) is 0 Å². The molecule has 4 heteroatoms. The zero-order valence-corrected chi connectivity index (χ0v) is 11.0. The summed E-state index contributed by atoms with van der Waals surface area (Å²) in [6, 6.07) is 6.77. The van der Waals surface area contributed by atoms with Gasteiger partial charge >= 0.3 is 5.97 Å². The summed E-state index contributed by atoms with van der Waals surface area (Å²) in [6.45, 7) is 5.35. The lowest BCUT2D eigenvalue weighted by molar-refractivity contribution is -0.160. The van der Waals surface area contributed by atoms with E-state index in [4.69, 9.17) is 16.3 Å². The summed E-state index contributed by atoms with van der Waals surface area (Å²) in [6.07, 6.45) is -0.918. The largest absolute Gasteiger partial charge is 0.465 e. The van der Waals surface area contributed by atoms with Gasteiger partial charge in [-0.05, 0) is 38.5 Å². The molecule has 0 radical (unpaired) electrons. The summed E-state index contributed by atoms with van der Waals surface area (Å²) >= 11 is 5.77. The second-order valence-corrected chi connectivity index (χ2v) is 4.83. The first-order valence-electron chi connectivity index (χ1n) is 5.50. The van der Waals surface area contributed by atoms with Gasteiger partial charge in [-0.3, -0.25) is 4.79 Å². The number of benzene rings is 1. The minimum absolute atomic E-state index is 0.301. The van der Waals surface area contributed by atoms with Crippen LogP contribution in [0.25, 0.3) is 0 Å². The molecule has 0 saturated carbocycles. The molecule has 1 N–H and O–H groups in total. The van der Waals surface area contributed by atoms with Gasteiger partial charge in [-0.1, -0.05) is 23.7 Å². The summed E-state index contributed by atoms with van der Waals surface area (Å²) in [7, 11) is 0. The molecule has 0 saturated heterocycles. The summed E-state index contributed by atoms with van der Waals surface area (Å²) in [4.78, 5) is 11.7. The summed E-state index contributed by atoms with van der Waals surface area (Å²) < 4.78 is 4.95. The van der Waals surface area contributed by atoms with Crippen LogP contribution in [0.2, 0.25) is 5.02 Å². The van der Waals surface area contributed by atoms with Crippen LogP contribution in [0, 0.1) is 5.41 Å². The second-order valence-electron chi connectivity index (χ2n) is 4.40. The minimum atomic E-state index is -0.982. The van der Waals surface area contributed by atoms with Crippen molar-refractivity contribution in [1.82, 2.24) is 0 Å². The first kappa shape index (κ1) is 14.0. The Kier molecular flexibility index (Phi) is 4.54. The lowest BCUT2D eigenvalue weighted by Gasteiger charge is -2.28. The normalized spacial score (nSPS) is 13.2. The summed E-state index contributed by atoms with van der Waals surface area (Å²) in [5.41, 5.74) is -0.337. The monoisotopic (exact) mass is 256 g/mol. The molecule has 1 aromatic rings. The standard InChI is InChI=1S/C13H17ClO3/c1-4-17-12(16)13(2,3)11(15)9-5-7-10(14)8-6-9/h5-8,11,15H,4H2,1-3H3. The van der Waals surface area contributed by atoms with E-state index in [1.54, 1.807) is 45.0 Å². The zero-order valence-electron chi connectivity index (χ0n) is 10.2. The van der Waals surface area contributed by atoms with Crippen LogP contribution in [-0.2, 0) is 9.53 Å². The Hall–Kier alpha value is -1.06. The van der Waals surface area contributed by atoms with Crippen LogP contribution in [0.3, 0.4) is 0 Å². The third-order valence-electron chi connectivity index (χ3n) is 2.67. The number of esters is 1. The highest BCUT2D eigenvalue weighted by Crippen LogP contribution is 2.34. The Morgan fingerprint density at radius 1 is 1.41 bits per heavy atom. The van der Waals surface area contributed by atoms with E-state index in [9.17, 15) is 9.90 Å². The molecule has 0 heterocycles. The van der Waals surface area contributed by atoms with E-state index in [0.717, 1.165) is 0 Å². The highest BCUT2D eigenvalue weighted by molar-refractivity contribution is 6.30. The fourth-order valence-electron chi connectivity index (χ4n) is 1.49. The van der Waals surface area contributed by atoms with Crippen molar-refractivity contribution in [2.45, 2.75) is 26.9 Å². The predicted octanol–water partition coefficient (Wildman–Crippen LogP) is 2.96. The van der Waals surface area contributed by atoms with Crippen molar-refractivity contribution in [3.8, 4) is 0 Å². The second kappa shape index (κ2) is 5.52. The van der Waals surface area contributed by atoms with Crippen molar-refractivity contribution in [1.29, 1.82) is 0 Å². The van der Waals surface area contributed by atoms with Crippen LogP contribution >= 0.6 is 11.6 Å². The first-order chi connectivity index (χ1) is 7.89. The molecule has 1 aromatic carbocycles. The fraction of sp³-hybridized carbons (Fsp3) is 0.462. The highest BCUT2D eigenvalue weighted by Gasteiger charge is 2.38. The van der Waals surface area contributed by atoms with Crippen molar-refractivity contribution in [2.24, 2.45) is 5.41 Å². The fourth-order valence-corrected chi connectivity index (χ4v) is 1.62. The number of rotatable bonds is 4. The molecule has 1 atom stereocenters. The third kappa shape index (κ3) is 3.20. The predicted molar refractivity (Wildman–Crippen MR) is 66.8 cm³/mol. The average molecular weight is 257 g/mol. The van der Waals surface area contributed by atoms with Gasteiger partial charge in [0.15, 0.2) is 0 Å². The molecule has 0 aliphatic rings. The van der Waals surface area contributed by atoms with Gasteiger partial charge in [-0.25, -0.2) is 0 Å². The van der Waals surface area contributed by atoms with Crippen molar-refractivity contribution >= 4 is 17.6 Å². The lowest BCUT2D eigenvalue weighted by atomic mass is 9.83. The Morgan fingerprint density at radius 2 is 1.94 bits per heavy atom. The molecule has 94 valence electrons. The molecular weight excluding hydrogens is 240 g/mol. The molecule has 0 amide bonds. The van der Waals surface area contributed by atoms with Gasteiger partial charge in [0.2, 0.25) is 0 Å². The maximum absolute atomic E-state index is 11.7. The molecule has 0 aliphatic carbocycles. The number of aliphatic hydroxyl groups is 1. The number of hydrogen-bond acceptors (Lipinski definition) is 3. The molecule has 1 rings (SSSR count). The van der Waals surface area contributed by atoms with Crippen molar-refractivity contribution in [3.05, 3.63) is 34.9 Å². The van der Waals surface area contributed by atoms with Crippen molar-refractivity contribution in [2.75, 3.05) is 6.61 Å². The number of aliphatic hydroxyl groups excluding tert-OH is 1. The van der Waals surface area contributed by atoms with Crippen molar-refractivity contribution in [3.63, 3.8) is 0 Å². The van der Waals surface area contributed by atoms with Gasteiger partial charge in [0.1, 0.15) is 0 Å². The quantitative estimate of drug-likeness (QED) is 0.843. The summed E-state index contributed by atoms with van der Waals surface area (Å²) in [5, 5.41) is 10.8. The Labute approximate surface area is 106 Å². The topological polar surface area (TPSA) is 46.5 Å². The number of ether oxygens (including phenoxy) is 1. The van der Waals surface area contributed by atoms with Gasteiger partial charge in [-0.15, -0.1) is 0 Å². The SMILES string of the molecule is CCOC(=O)C(C)(C)C(O)c1ccc(Cl)cc1. The van der Waals surface area contributed by atoms with E-state index in [-0.39, 0.29) is 0 Å². The molecule has 17 heavy (non-hydrogen) atoms. The Balaban J connectivity index is 2.91. The van der Waals surface area contributed by atoms with E-state index in [1.807, 2.05) is 0 Å². The van der Waals surface area contributed by atoms with Gasteiger partial charge < -0.3 is 9.84 Å². The number of carbonyl (C=O) groups is 1. The first-order valence-corrected chi connectivity index (χ1v) is 5.88. The van der Waals surface area contributed by atoms with Crippen LogP contribution in [0.5, 0.6) is 0 Å². The van der Waals surface area contributed by atoms with E-state index in [1.165, 1.54) is 0 Å². The van der Waals surface area contributed by atoms with E-state index in [0.29, 0.717) is 17.2 Å². The molecule has 1 unspecified atom stereocenters. The summed E-state index contributed by atoms with van der Waals surface area (Å²) in [5.74, 6) is -0.414. The van der Waals surface area contributed by atoms with E-state index < -0.39 is 17.5 Å².